The van der Waals surface area contributed by atoms with E-state index in [1.807, 2.05) is 0 Å². The van der Waals surface area contributed by atoms with Gasteiger partial charge in [0.15, 0.2) is 0 Å². The molecule has 1 fully saturated rings. The summed E-state index contributed by atoms with van der Waals surface area (Å²) >= 11 is 0. The molecule has 2 heterocycles. The van der Waals surface area contributed by atoms with Gasteiger partial charge in [0.05, 0.1) is 35.6 Å². The topological polar surface area (TPSA) is 64.6 Å². The number of halogens is 3. The number of methoxy groups -OCH3 is 1. The van der Waals surface area contributed by atoms with Gasteiger partial charge in [-0.25, -0.2) is 22.8 Å². The zero-order chi connectivity index (χ0) is 19.3. The Morgan fingerprint density at radius 1 is 1.37 bits per heavy atom. The molecule has 3 aliphatic rings. The highest BCUT2D eigenvalue weighted by Crippen LogP contribution is 2.49. The number of hydrogen-bond donors (Lipinski definition) is 1. The molecule has 0 aromatic heterocycles. The standard InChI is InChI=1S/C19H16F3NO4.H2/c1-26-18(24)16-12(6-20)23-13-7-27-19(25)17(13)15(16)10-4-9(21)5-11(22)14(10)8-2-3-8;/h4-5,8,15,23H,2-3,6-7H2,1H3;1H/t15-;/m0./s1. The molecule has 0 radical (unpaired) electrons. The van der Waals surface area contributed by atoms with Gasteiger partial charge in [-0.1, -0.05) is 0 Å². The van der Waals surface area contributed by atoms with Crippen molar-refractivity contribution < 1.29 is 33.7 Å². The zero-order valence-corrected chi connectivity index (χ0v) is 14.4. The first-order valence-electron chi connectivity index (χ1n) is 8.49. The van der Waals surface area contributed by atoms with E-state index in [0.29, 0.717) is 12.8 Å². The summed E-state index contributed by atoms with van der Waals surface area (Å²) in [5, 5.41) is 2.70. The molecular weight excluding hydrogens is 363 g/mol. The molecule has 1 atom stereocenters. The molecule has 0 amide bonds. The number of nitrogens with one attached hydrogen (secondary N) is 1. The number of alkyl halides is 1. The van der Waals surface area contributed by atoms with Gasteiger partial charge >= 0.3 is 11.9 Å². The van der Waals surface area contributed by atoms with Crippen LogP contribution in [0, 0.1) is 11.6 Å². The Kier molecular flexibility index (Phi) is 4.20. The molecule has 0 unspecified atom stereocenters. The highest BCUT2D eigenvalue weighted by atomic mass is 19.1. The fourth-order valence-corrected chi connectivity index (χ4v) is 3.79. The first-order valence-corrected chi connectivity index (χ1v) is 8.49. The molecule has 0 saturated heterocycles. The molecule has 2 aliphatic heterocycles. The molecule has 1 aliphatic carbocycles. The second-order valence-electron chi connectivity index (χ2n) is 6.71. The Hall–Kier alpha value is -2.77. The molecule has 1 N–H and O–H groups in total. The summed E-state index contributed by atoms with van der Waals surface area (Å²) in [7, 11) is 1.12. The third-order valence-electron chi connectivity index (χ3n) is 5.06. The molecule has 8 heteroatoms. The van der Waals surface area contributed by atoms with Gasteiger partial charge in [-0.2, -0.15) is 0 Å². The molecule has 0 bridgehead atoms. The Morgan fingerprint density at radius 3 is 2.74 bits per heavy atom. The summed E-state index contributed by atoms with van der Waals surface area (Å²) in [5.41, 5.74) is 0.444. The van der Waals surface area contributed by atoms with Crippen molar-refractivity contribution >= 4 is 11.9 Å². The van der Waals surface area contributed by atoms with Crippen LogP contribution < -0.4 is 5.32 Å². The predicted octanol–water partition coefficient (Wildman–Crippen LogP) is 2.98. The molecule has 1 aromatic carbocycles. The smallest absolute Gasteiger partial charge is 0.337 e. The Balaban J connectivity index is 0.00000225. The van der Waals surface area contributed by atoms with Gasteiger partial charge in [0.2, 0.25) is 0 Å². The number of carbonyl (C=O) groups excluding carboxylic acids is 2. The number of carbonyl (C=O) groups is 2. The van der Waals surface area contributed by atoms with Crippen molar-refractivity contribution in [1.82, 2.24) is 5.32 Å². The third kappa shape index (κ3) is 2.79. The monoisotopic (exact) mass is 381 g/mol. The van der Waals surface area contributed by atoms with Crippen molar-refractivity contribution in [2.24, 2.45) is 0 Å². The first kappa shape index (κ1) is 17.6. The van der Waals surface area contributed by atoms with Gasteiger partial charge in [0.25, 0.3) is 0 Å². The van der Waals surface area contributed by atoms with Crippen LogP contribution in [0.2, 0.25) is 0 Å². The van der Waals surface area contributed by atoms with E-state index >= 15 is 0 Å². The van der Waals surface area contributed by atoms with Crippen LogP contribution in [-0.4, -0.2) is 32.3 Å². The van der Waals surface area contributed by atoms with E-state index in [2.05, 4.69) is 5.32 Å². The van der Waals surface area contributed by atoms with E-state index in [9.17, 15) is 22.8 Å². The average Bonchev–Trinajstić information content (AvgIpc) is 3.41. The average molecular weight is 381 g/mol. The van der Waals surface area contributed by atoms with Crippen LogP contribution in [0.25, 0.3) is 0 Å². The minimum Gasteiger partial charge on any atom is -0.466 e. The van der Waals surface area contributed by atoms with Gasteiger partial charge in [-0.15, -0.1) is 0 Å². The van der Waals surface area contributed by atoms with Crippen molar-refractivity contribution in [2.75, 3.05) is 20.4 Å². The highest BCUT2D eigenvalue weighted by molar-refractivity contribution is 6.01. The molecule has 5 nitrogen and oxygen atoms in total. The maximum Gasteiger partial charge on any atom is 0.337 e. The third-order valence-corrected chi connectivity index (χ3v) is 5.06. The van der Waals surface area contributed by atoms with Crippen molar-refractivity contribution in [1.29, 1.82) is 0 Å². The second kappa shape index (κ2) is 6.44. The van der Waals surface area contributed by atoms with Crippen LogP contribution in [-0.2, 0) is 19.1 Å². The predicted molar refractivity (Wildman–Crippen MR) is 89.3 cm³/mol. The number of benzene rings is 1. The molecule has 0 spiro atoms. The summed E-state index contributed by atoms with van der Waals surface area (Å²) in [6.07, 6.45) is 1.42. The lowest BCUT2D eigenvalue weighted by atomic mass is 9.78. The number of allylic oxidation sites excluding steroid dienone is 1. The molecule has 27 heavy (non-hydrogen) atoms. The summed E-state index contributed by atoms with van der Waals surface area (Å²) < 4.78 is 52.1. The van der Waals surface area contributed by atoms with Crippen molar-refractivity contribution in [3.05, 3.63) is 57.4 Å². The van der Waals surface area contributed by atoms with Gasteiger partial charge in [0.1, 0.15) is 24.9 Å². The number of dihydropyridines is 1. The van der Waals surface area contributed by atoms with E-state index in [1.54, 1.807) is 0 Å². The molecule has 4 rings (SSSR count). The fraction of sp³-hybridized carbons (Fsp3) is 0.368. The second-order valence-corrected chi connectivity index (χ2v) is 6.71. The maximum atomic E-state index is 14.6. The maximum absolute atomic E-state index is 14.6. The molecule has 1 saturated carbocycles. The van der Waals surface area contributed by atoms with E-state index in [-0.39, 0.29) is 47.6 Å². The number of ether oxygens (including phenoxy) is 2. The summed E-state index contributed by atoms with van der Waals surface area (Å²) in [6.45, 7) is -1.17. The Labute approximate surface area is 154 Å². The molecular formula is C19H18F3NO4. The minimum absolute atomic E-state index is 0. The lowest BCUT2D eigenvalue weighted by Gasteiger charge is -2.29. The number of esters is 2. The van der Waals surface area contributed by atoms with E-state index in [4.69, 9.17) is 9.47 Å². The van der Waals surface area contributed by atoms with Crippen LogP contribution in [0.15, 0.2) is 34.7 Å². The first-order chi connectivity index (χ1) is 13.0. The van der Waals surface area contributed by atoms with Crippen molar-refractivity contribution in [2.45, 2.75) is 24.7 Å². The molecule has 144 valence electrons. The highest BCUT2D eigenvalue weighted by Gasteiger charge is 2.45. The fourth-order valence-electron chi connectivity index (χ4n) is 3.79. The van der Waals surface area contributed by atoms with Crippen LogP contribution in [0.1, 0.15) is 37.2 Å². The van der Waals surface area contributed by atoms with Crippen LogP contribution in [0.3, 0.4) is 0 Å². The lowest BCUT2D eigenvalue weighted by molar-refractivity contribution is -0.136. The van der Waals surface area contributed by atoms with E-state index < -0.39 is 36.2 Å². The normalized spacial score (nSPS) is 21.8. The number of rotatable bonds is 4. The zero-order valence-electron chi connectivity index (χ0n) is 14.4. The quantitative estimate of drug-likeness (QED) is 0.813. The Morgan fingerprint density at radius 2 is 2.11 bits per heavy atom. The number of cyclic esters (lactones) is 1. The van der Waals surface area contributed by atoms with Crippen molar-refractivity contribution in [3.8, 4) is 0 Å². The number of hydrogen-bond acceptors (Lipinski definition) is 5. The summed E-state index contributed by atoms with van der Waals surface area (Å²) in [6, 6.07) is 1.87. The summed E-state index contributed by atoms with van der Waals surface area (Å²) in [5.74, 6) is -4.47. The van der Waals surface area contributed by atoms with Gasteiger partial charge in [-0.3, -0.25) is 0 Å². The van der Waals surface area contributed by atoms with Crippen LogP contribution in [0.4, 0.5) is 13.2 Å². The van der Waals surface area contributed by atoms with Crippen LogP contribution in [0.5, 0.6) is 0 Å². The largest absolute Gasteiger partial charge is 0.466 e. The van der Waals surface area contributed by atoms with Crippen LogP contribution >= 0.6 is 0 Å². The van der Waals surface area contributed by atoms with E-state index in [0.717, 1.165) is 19.2 Å². The van der Waals surface area contributed by atoms with E-state index in [1.165, 1.54) is 0 Å². The van der Waals surface area contributed by atoms with Gasteiger partial charge < -0.3 is 14.8 Å². The van der Waals surface area contributed by atoms with Gasteiger partial charge in [0, 0.05) is 7.49 Å². The minimum atomic E-state index is -1.16. The Bertz CT molecular complexity index is 924. The van der Waals surface area contributed by atoms with Crippen molar-refractivity contribution in [3.63, 3.8) is 0 Å². The lowest BCUT2D eigenvalue weighted by Crippen LogP contribution is -2.32. The summed E-state index contributed by atoms with van der Waals surface area (Å²) in [4.78, 5) is 24.8. The SMILES string of the molecule is COC(=O)C1=C(CF)NC2=C(C(=O)OC2)[C@H]1c1cc(F)cc(F)c1C1CC1.[HH]. The van der Waals surface area contributed by atoms with Gasteiger partial charge in [-0.05, 0) is 36.0 Å². The molecule has 1 aromatic rings.